The highest BCUT2D eigenvalue weighted by molar-refractivity contribution is 7.94. The number of nitrogens with zero attached hydrogens (tertiary/aromatic N) is 2. The molecule has 9 heteroatoms. The molecule has 29 heavy (non-hydrogen) atoms. The number of sulfonamides is 2. The Morgan fingerprint density at radius 1 is 0.966 bits per heavy atom. The first-order valence-corrected chi connectivity index (χ1v) is 12.3. The van der Waals surface area contributed by atoms with Crippen molar-refractivity contribution in [1.82, 2.24) is 4.31 Å². The summed E-state index contributed by atoms with van der Waals surface area (Å²) in [6.45, 7) is 3.85. The first kappa shape index (κ1) is 20.1. The molecule has 154 valence electrons. The number of carbonyl (C=O) groups is 1. The number of hydrogen-bond donors (Lipinski definition) is 0. The van der Waals surface area contributed by atoms with E-state index in [1.807, 2.05) is 24.3 Å². The summed E-state index contributed by atoms with van der Waals surface area (Å²) >= 11 is 0. The van der Waals surface area contributed by atoms with Crippen LogP contribution in [-0.4, -0.2) is 39.3 Å². The molecule has 0 aromatic heterocycles. The van der Waals surface area contributed by atoms with E-state index < -0.39 is 31.4 Å². The van der Waals surface area contributed by atoms with Crippen molar-refractivity contribution < 1.29 is 21.6 Å². The molecule has 0 atom stereocenters. The molecule has 2 heterocycles. The lowest BCUT2D eigenvalue weighted by Crippen LogP contribution is -2.36. The maximum Gasteiger partial charge on any atom is 0.247 e. The largest absolute Gasteiger partial charge is 0.273 e. The van der Waals surface area contributed by atoms with Crippen molar-refractivity contribution in [3.63, 3.8) is 0 Å². The Labute approximate surface area is 171 Å². The van der Waals surface area contributed by atoms with Gasteiger partial charge in [0.1, 0.15) is 0 Å². The molecule has 0 N–H and O–H groups in total. The number of hydrogen-bond acceptors (Lipinski definition) is 5. The van der Waals surface area contributed by atoms with Crippen LogP contribution in [0.1, 0.15) is 25.0 Å². The average molecular weight is 435 g/mol. The Morgan fingerprint density at radius 2 is 1.59 bits per heavy atom. The van der Waals surface area contributed by atoms with Gasteiger partial charge in [0.2, 0.25) is 26.0 Å². The summed E-state index contributed by atoms with van der Waals surface area (Å²) in [6.07, 6.45) is 0.642. The van der Waals surface area contributed by atoms with E-state index in [1.165, 1.54) is 28.6 Å². The van der Waals surface area contributed by atoms with Crippen LogP contribution in [-0.2, 0) is 37.8 Å². The van der Waals surface area contributed by atoms with Crippen LogP contribution < -0.4 is 4.31 Å². The van der Waals surface area contributed by atoms with Crippen molar-refractivity contribution in [3.8, 4) is 0 Å². The van der Waals surface area contributed by atoms with Gasteiger partial charge in [0.15, 0.2) is 0 Å². The number of anilines is 1. The van der Waals surface area contributed by atoms with Gasteiger partial charge < -0.3 is 0 Å². The Morgan fingerprint density at radius 3 is 2.17 bits per heavy atom. The van der Waals surface area contributed by atoms with Gasteiger partial charge in [-0.05, 0) is 55.7 Å². The lowest BCUT2D eigenvalue weighted by Gasteiger charge is -2.28. The third-order valence-electron chi connectivity index (χ3n) is 5.39. The van der Waals surface area contributed by atoms with E-state index in [-0.39, 0.29) is 16.3 Å². The topological polar surface area (TPSA) is 91.8 Å². The minimum atomic E-state index is -3.78. The van der Waals surface area contributed by atoms with E-state index in [9.17, 15) is 21.6 Å². The molecule has 2 aliphatic heterocycles. The molecule has 0 saturated carbocycles. The van der Waals surface area contributed by atoms with Crippen molar-refractivity contribution in [2.75, 3.05) is 16.6 Å². The molecule has 7 nitrogen and oxygen atoms in total. The fourth-order valence-corrected chi connectivity index (χ4v) is 7.37. The zero-order valence-electron chi connectivity index (χ0n) is 16.2. The molecule has 0 spiro atoms. The normalized spacial score (nSPS) is 21.2. The molecule has 2 aromatic rings. The van der Waals surface area contributed by atoms with E-state index in [4.69, 9.17) is 0 Å². The summed E-state index contributed by atoms with van der Waals surface area (Å²) in [5.74, 6) is -0.785. The van der Waals surface area contributed by atoms with Crippen LogP contribution in [0.25, 0.3) is 0 Å². The van der Waals surface area contributed by atoms with E-state index in [1.54, 1.807) is 13.8 Å². The molecule has 0 radical (unpaired) electrons. The van der Waals surface area contributed by atoms with Crippen molar-refractivity contribution in [3.05, 3.63) is 59.7 Å². The van der Waals surface area contributed by atoms with Crippen LogP contribution in [0.3, 0.4) is 0 Å². The molecule has 0 unspecified atom stereocenters. The number of rotatable bonds is 3. The highest BCUT2D eigenvalue weighted by Gasteiger charge is 2.49. The van der Waals surface area contributed by atoms with Gasteiger partial charge >= 0.3 is 0 Å². The van der Waals surface area contributed by atoms with Crippen molar-refractivity contribution in [1.29, 1.82) is 0 Å². The Balaban J connectivity index is 1.62. The van der Waals surface area contributed by atoms with Gasteiger partial charge in [0.25, 0.3) is 0 Å². The van der Waals surface area contributed by atoms with E-state index >= 15 is 0 Å². The molecule has 4 rings (SSSR count). The molecule has 2 aromatic carbocycles. The highest BCUT2D eigenvalue weighted by atomic mass is 32.2. The predicted molar refractivity (Wildman–Crippen MR) is 109 cm³/mol. The van der Waals surface area contributed by atoms with Crippen molar-refractivity contribution in [2.24, 2.45) is 5.41 Å². The fraction of sp³-hybridized carbons (Fsp3) is 0.350. The van der Waals surface area contributed by atoms with Gasteiger partial charge in [-0.25, -0.2) is 21.1 Å². The van der Waals surface area contributed by atoms with Gasteiger partial charge in [-0.2, -0.15) is 4.31 Å². The summed E-state index contributed by atoms with van der Waals surface area (Å²) < 4.78 is 53.1. The summed E-state index contributed by atoms with van der Waals surface area (Å²) in [4.78, 5) is 12.6. The van der Waals surface area contributed by atoms with Crippen LogP contribution in [0.4, 0.5) is 5.69 Å². The molecule has 0 bridgehead atoms. The molecule has 2 aliphatic rings. The third-order valence-corrected chi connectivity index (χ3v) is 9.27. The number of amides is 1. The smallest absolute Gasteiger partial charge is 0.247 e. The van der Waals surface area contributed by atoms with Crippen molar-refractivity contribution >= 4 is 31.6 Å². The summed E-state index contributed by atoms with van der Waals surface area (Å²) in [6, 6.07) is 13.2. The third kappa shape index (κ3) is 3.37. The second-order valence-electron chi connectivity index (χ2n) is 8.06. The summed E-state index contributed by atoms with van der Waals surface area (Å²) in [7, 11) is -7.50. The molecular weight excluding hydrogens is 412 g/mol. The molecule has 1 fully saturated rings. The van der Waals surface area contributed by atoms with Crippen LogP contribution >= 0.6 is 0 Å². The lowest BCUT2D eigenvalue weighted by molar-refractivity contribution is -0.123. The van der Waals surface area contributed by atoms with Crippen LogP contribution in [0, 0.1) is 5.41 Å². The first-order chi connectivity index (χ1) is 13.5. The van der Waals surface area contributed by atoms with Gasteiger partial charge in [0.05, 0.1) is 21.8 Å². The van der Waals surface area contributed by atoms with Crippen LogP contribution in [0.5, 0.6) is 0 Å². The zero-order chi connectivity index (χ0) is 21.0. The van der Waals surface area contributed by atoms with Gasteiger partial charge in [-0.15, -0.1) is 0 Å². The molecule has 1 amide bonds. The Hall–Kier alpha value is -2.23. The number of benzene rings is 2. The monoisotopic (exact) mass is 434 g/mol. The van der Waals surface area contributed by atoms with Crippen LogP contribution in [0.15, 0.2) is 53.4 Å². The zero-order valence-corrected chi connectivity index (χ0v) is 17.8. The quantitative estimate of drug-likeness (QED) is 0.738. The molecular formula is C20H22N2O5S2. The fourth-order valence-electron chi connectivity index (χ4n) is 3.84. The molecule has 1 saturated heterocycles. The highest BCUT2D eigenvalue weighted by Crippen LogP contribution is 2.36. The Bertz CT molecular complexity index is 1190. The Kier molecular flexibility index (Phi) is 4.60. The second kappa shape index (κ2) is 6.65. The summed E-state index contributed by atoms with van der Waals surface area (Å²) in [5, 5.41) is 0. The molecule has 0 aliphatic carbocycles. The predicted octanol–water partition coefficient (Wildman–Crippen LogP) is 2.14. The minimum Gasteiger partial charge on any atom is -0.273 e. The van der Waals surface area contributed by atoms with E-state index in [0.29, 0.717) is 19.5 Å². The second-order valence-corrected chi connectivity index (χ2v) is 11.8. The van der Waals surface area contributed by atoms with E-state index in [0.717, 1.165) is 15.4 Å². The minimum absolute atomic E-state index is 0.0731. The van der Waals surface area contributed by atoms with Gasteiger partial charge in [-0.1, -0.05) is 24.3 Å². The SMILES string of the molecule is CC1(C)CS(=O)(=O)N(c2ccc(S(=O)(=O)N3CCc4ccccc4C3)cc2)C1=O. The van der Waals surface area contributed by atoms with Crippen LogP contribution in [0.2, 0.25) is 0 Å². The summed E-state index contributed by atoms with van der Waals surface area (Å²) in [5.41, 5.74) is 1.28. The van der Waals surface area contributed by atoms with E-state index in [2.05, 4.69) is 0 Å². The standard InChI is InChI=1S/C20H22N2O5S2/c1-20(2)14-28(24,25)22(19(20)23)17-7-9-18(10-8-17)29(26,27)21-12-11-15-5-3-4-6-16(15)13-21/h3-10H,11-14H2,1-2H3. The lowest BCUT2D eigenvalue weighted by atomic mass is 9.95. The van der Waals surface area contributed by atoms with Crippen molar-refractivity contribution in [2.45, 2.75) is 31.7 Å². The average Bonchev–Trinajstić information content (AvgIpc) is 2.84. The van der Waals surface area contributed by atoms with Gasteiger partial charge in [0, 0.05) is 13.1 Å². The maximum atomic E-state index is 13.1. The maximum absolute atomic E-state index is 13.1. The number of fused-ring (bicyclic) bond motifs is 1. The number of carbonyl (C=O) groups excluding carboxylic acids is 1. The van der Waals surface area contributed by atoms with Gasteiger partial charge in [-0.3, -0.25) is 4.79 Å². The first-order valence-electron chi connectivity index (χ1n) is 9.27.